The minimum absolute atomic E-state index is 0.324. The van der Waals surface area contributed by atoms with Crippen LogP contribution >= 0.6 is 0 Å². The van der Waals surface area contributed by atoms with E-state index < -0.39 is 0 Å². The van der Waals surface area contributed by atoms with Crippen molar-refractivity contribution in [1.29, 1.82) is 0 Å². The largest absolute Gasteiger partial charge is 0.368 e. The predicted octanol–water partition coefficient (Wildman–Crippen LogP) is 3.56. The molecule has 0 aliphatic heterocycles. The van der Waals surface area contributed by atoms with Crippen LogP contribution in [0.4, 0.5) is 15.9 Å². The Hall–Kier alpha value is -2.96. The average molecular weight is 327 g/mol. The van der Waals surface area contributed by atoms with Gasteiger partial charge in [-0.05, 0) is 30.7 Å². The molecule has 3 N–H and O–H groups in total. The first kappa shape index (κ1) is 15.9. The second-order valence-electron chi connectivity index (χ2n) is 5.39. The molecule has 6 nitrogen and oxygen atoms in total. The fourth-order valence-corrected chi connectivity index (χ4v) is 2.35. The monoisotopic (exact) mass is 327 g/mol. The number of amides is 1. The minimum Gasteiger partial charge on any atom is -0.368 e. The minimum atomic E-state index is -0.380. The van der Waals surface area contributed by atoms with Crippen LogP contribution in [0.25, 0.3) is 11.0 Å². The van der Waals surface area contributed by atoms with Gasteiger partial charge in [0, 0.05) is 18.3 Å². The standard InChI is InChI=1S/C17H18FN5O/c1-2-3-8-19-16-15-14(21-10-22-16)13(9-20-15)23-17(24)11-4-6-12(18)7-5-11/h4-7,9-10,20H,2-3,8H2,1H3,(H,23,24)(H,19,21,22). The SMILES string of the molecule is CCCCNc1ncnc2c(NC(=O)c3ccc(F)cc3)c[nH]c12. The van der Waals surface area contributed by atoms with Gasteiger partial charge in [-0.25, -0.2) is 14.4 Å². The molecule has 0 unspecified atom stereocenters. The number of rotatable bonds is 6. The predicted molar refractivity (Wildman–Crippen MR) is 91.6 cm³/mol. The number of aromatic amines is 1. The lowest BCUT2D eigenvalue weighted by molar-refractivity contribution is 0.102. The molecule has 1 aromatic carbocycles. The number of anilines is 2. The summed E-state index contributed by atoms with van der Waals surface area (Å²) in [4.78, 5) is 23.8. The summed E-state index contributed by atoms with van der Waals surface area (Å²) in [6.07, 6.45) is 5.26. The molecule has 24 heavy (non-hydrogen) atoms. The van der Waals surface area contributed by atoms with E-state index in [4.69, 9.17) is 0 Å². The number of nitrogens with one attached hydrogen (secondary N) is 3. The maximum absolute atomic E-state index is 12.9. The molecule has 0 atom stereocenters. The molecule has 0 bridgehead atoms. The van der Waals surface area contributed by atoms with E-state index in [1.807, 2.05) is 0 Å². The Morgan fingerprint density at radius 3 is 2.79 bits per heavy atom. The van der Waals surface area contributed by atoms with Crippen LogP contribution in [0.3, 0.4) is 0 Å². The quantitative estimate of drug-likeness (QED) is 0.605. The van der Waals surface area contributed by atoms with Gasteiger partial charge in [-0.15, -0.1) is 0 Å². The van der Waals surface area contributed by atoms with Crippen molar-refractivity contribution in [3.05, 3.63) is 48.2 Å². The van der Waals surface area contributed by atoms with Crippen molar-refractivity contribution >= 4 is 28.4 Å². The van der Waals surface area contributed by atoms with Crippen molar-refractivity contribution < 1.29 is 9.18 Å². The summed E-state index contributed by atoms with van der Waals surface area (Å²) in [5, 5.41) is 6.04. The zero-order valence-electron chi connectivity index (χ0n) is 13.3. The van der Waals surface area contributed by atoms with E-state index in [9.17, 15) is 9.18 Å². The topological polar surface area (TPSA) is 82.7 Å². The van der Waals surface area contributed by atoms with Crippen LogP contribution < -0.4 is 10.6 Å². The van der Waals surface area contributed by atoms with Crippen molar-refractivity contribution in [3.63, 3.8) is 0 Å². The Morgan fingerprint density at radius 1 is 1.25 bits per heavy atom. The average Bonchev–Trinajstić information content (AvgIpc) is 2.99. The van der Waals surface area contributed by atoms with Gasteiger partial charge < -0.3 is 15.6 Å². The Balaban J connectivity index is 1.81. The number of unbranched alkanes of at least 4 members (excludes halogenated alkanes) is 1. The summed E-state index contributed by atoms with van der Waals surface area (Å²) in [5.41, 5.74) is 2.30. The molecule has 0 aliphatic carbocycles. The van der Waals surface area contributed by atoms with E-state index in [-0.39, 0.29) is 11.7 Å². The van der Waals surface area contributed by atoms with Gasteiger partial charge in [0.1, 0.15) is 23.2 Å². The van der Waals surface area contributed by atoms with E-state index in [0.29, 0.717) is 22.6 Å². The van der Waals surface area contributed by atoms with Crippen molar-refractivity contribution in [3.8, 4) is 0 Å². The summed E-state index contributed by atoms with van der Waals surface area (Å²) in [5.74, 6) is -0.0000775. The fraction of sp³-hybridized carbons (Fsp3) is 0.235. The van der Waals surface area contributed by atoms with Crippen LogP contribution in [0.1, 0.15) is 30.1 Å². The smallest absolute Gasteiger partial charge is 0.255 e. The third kappa shape index (κ3) is 3.34. The van der Waals surface area contributed by atoms with E-state index in [1.165, 1.54) is 30.6 Å². The number of benzene rings is 1. The molecule has 0 saturated heterocycles. The molecule has 3 rings (SSSR count). The summed E-state index contributed by atoms with van der Waals surface area (Å²) in [6.45, 7) is 2.94. The maximum atomic E-state index is 12.9. The molecule has 7 heteroatoms. The zero-order chi connectivity index (χ0) is 16.9. The molecule has 0 aliphatic rings. The maximum Gasteiger partial charge on any atom is 0.255 e. The van der Waals surface area contributed by atoms with E-state index in [2.05, 4.69) is 32.5 Å². The van der Waals surface area contributed by atoms with Crippen molar-refractivity contribution in [2.45, 2.75) is 19.8 Å². The number of carbonyl (C=O) groups is 1. The first-order chi connectivity index (χ1) is 11.7. The second-order valence-corrected chi connectivity index (χ2v) is 5.39. The van der Waals surface area contributed by atoms with Gasteiger partial charge in [0.2, 0.25) is 0 Å². The Bertz CT molecular complexity index is 844. The van der Waals surface area contributed by atoms with Gasteiger partial charge in [0.15, 0.2) is 5.82 Å². The number of carbonyl (C=O) groups excluding carboxylic acids is 1. The highest BCUT2D eigenvalue weighted by Crippen LogP contribution is 2.25. The third-order valence-corrected chi connectivity index (χ3v) is 3.64. The van der Waals surface area contributed by atoms with Crippen LogP contribution in [0.15, 0.2) is 36.8 Å². The highest BCUT2D eigenvalue weighted by Gasteiger charge is 2.13. The summed E-state index contributed by atoms with van der Waals surface area (Å²) in [6, 6.07) is 5.38. The van der Waals surface area contributed by atoms with Gasteiger partial charge in [-0.3, -0.25) is 4.79 Å². The number of hydrogen-bond acceptors (Lipinski definition) is 4. The normalized spacial score (nSPS) is 10.8. The van der Waals surface area contributed by atoms with Gasteiger partial charge in [0.25, 0.3) is 5.91 Å². The molecule has 0 fully saturated rings. The molecular weight excluding hydrogens is 309 g/mol. The van der Waals surface area contributed by atoms with Crippen molar-refractivity contribution in [2.24, 2.45) is 0 Å². The highest BCUT2D eigenvalue weighted by atomic mass is 19.1. The van der Waals surface area contributed by atoms with Crippen LogP contribution in [0.2, 0.25) is 0 Å². The molecule has 1 amide bonds. The first-order valence-electron chi connectivity index (χ1n) is 7.82. The van der Waals surface area contributed by atoms with Crippen LogP contribution in [0, 0.1) is 5.82 Å². The molecule has 3 aromatic rings. The Labute approximate surface area is 138 Å². The van der Waals surface area contributed by atoms with Gasteiger partial charge >= 0.3 is 0 Å². The molecule has 0 spiro atoms. The first-order valence-corrected chi connectivity index (χ1v) is 7.82. The Morgan fingerprint density at radius 2 is 2.04 bits per heavy atom. The van der Waals surface area contributed by atoms with E-state index in [0.717, 1.165) is 24.9 Å². The fourth-order valence-electron chi connectivity index (χ4n) is 2.35. The van der Waals surface area contributed by atoms with Gasteiger partial charge in [-0.1, -0.05) is 13.3 Å². The van der Waals surface area contributed by atoms with Crippen LogP contribution in [-0.2, 0) is 0 Å². The Kier molecular flexibility index (Phi) is 4.69. The summed E-state index contributed by atoms with van der Waals surface area (Å²) >= 11 is 0. The zero-order valence-corrected chi connectivity index (χ0v) is 13.3. The molecular formula is C17H18FN5O. The van der Waals surface area contributed by atoms with E-state index in [1.54, 1.807) is 6.20 Å². The number of halogens is 1. The lowest BCUT2D eigenvalue weighted by Crippen LogP contribution is -2.11. The van der Waals surface area contributed by atoms with Crippen molar-refractivity contribution in [2.75, 3.05) is 17.2 Å². The number of H-pyrrole nitrogens is 1. The second kappa shape index (κ2) is 7.08. The molecule has 2 aromatic heterocycles. The number of aromatic nitrogens is 3. The number of fused-ring (bicyclic) bond motifs is 1. The molecule has 0 saturated carbocycles. The van der Waals surface area contributed by atoms with E-state index >= 15 is 0 Å². The lowest BCUT2D eigenvalue weighted by atomic mass is 10.2. The highest BCUT2D eigenvalue weighted by molar-refractivity contribution is 6.09. The summed E-state index contributed by atoms with van der Waals surface area (Å²) in [7, 11) is 0. The van der Waals surface area contributed by atoms with Crippen LogP contribution in [-0.4, -0.2) is 27.4 Å². The number of hydrogen-bond donors (Lipinski definition) is 3. The third-order valence-electron chi connectivity index (χ3n) is 3.64. The van der Waals surface area contributed by atoms with Crippen LogP contribution in [0.5, 0.6) is 0 Å². The van der Waals surface area contributed by atoms with Gasteiger partial charge in [0.05, 0.1) is 5.69 Å². The molecule has 0 radical (unpaired) electrons. The van der Waals surface area contributed by atoms with Gasteiger partial charge in [-0.2, -0.15) is 0 Å². The molecule has 124 valence electrons. The molecule has 2 heterocycles. The summed E-state index contributed by atoms with van der Waals surface area (Å²) < 4.78 is 12.9. The lowest BCUT2D eigenvalue weighted by Gasteiger charge is -2.06. The van der Waals surface area contributed by atoms with Crippen molar-refractivity contribution in [1.82, 2.24) is 15.0 Å². The number of nitrogens with zero attached hydrogens (tertiary/aromatic N) is 2.